The molecule has 1 fully saturated rings. The summed E-state index contributed by atoms with van der Waals surface area (Å²) in [5.74, 6) is 0. The minimum Gasteiger partial charge on any atom is -0.374 e. The van der Waals surface area contributed by atoms with Gasteiger partial charge in [0.05, 0.1) is 17.2 Å². The van der Waals surface area contributed by atoms with Crippen molar-refractivity contribution in [1.29, 1.82) is 0 Å². The van der Waals surface area contributed by atoms with Crippen LogP contribution in [0.3, 0.4) is 0 Å². The molecule has 1 aromatic heterocycles. The Balaban J connectivity index is 1.92. The molecule has 0 amide bonds. The highest BCUT2D eigenvalue weighted by molar-refractivity contribution is 7.09. The van der Waals surface area contributed by atoms with Crippen molar-refractivity contribution >= 4 is 11.3 Å². The molecule has 1 saturated heterocycles. The Morgan fingerprint density at radius 1 is 1.59 bits per heavy atom. The van der Waals surface area contributed by atoms with E-state index in [1.54, 1.807) is 11.3 Å². The summed E-state index contributed by atoms with van der Waals surface area (Å²) in [6.07, 6.45) is 7.18. The molecule has 0 aliphatic carbocycles. The first-order chi connectivity index (χ1) is 8.29. The maximum absolute atomic E-state index is 5.98. The van der Waals surface area contributed by atoms with Crippen LogP contribution in [0.4, 0.5) is 0 Å². The van der Waals surface area contributed by atoms with Gasteiger partial charge in [-0.1, -0.05) is 6.92 Å². The Labute approximate surface area is 108 Å². The zero-order valence-corrected chi connectivity index (χ0v) is 11.5. The standard InChI is InChI=1S/C13H22N2OS/c1-3-6-14-11(9-13-15-7-8-17-13)12-5-4-10(2)16-12/h7-8,10-12,14H,3-6,9H2,1-2H3. The highest BCUT2D eigenvalue weighted by Gasteiger charge is 2.29. The summed E-state index contributed by atoms with van der Waals surface area (Å²) >= 11 is 1.74. The first-order valence-corrected chi connectivity index (χ1v) is 7.44. The van der Waals surface area contributed by atoms with Gasteiger partial charge in [0.2, 0.25) is 0 Å². The summed E-state index contributed by atoms with van der Waals surface area (Å²) in [4.78, 5) is 4.38. The molecular formula is C13H22N2OS. The fraction of sp³-hybridized carbons (Fsp3) is 0.769. The lowest BCUT2D eigenvalue weighted by atomic mass is 10.0. The van der Waals surface area contributed by atoms with Gasteiger partial charge in [-0.05, 0) is 32.7 Å². The average Bonchev–Trinajstić information content (AvgIpc) is 2.95. The Kier molecular flexibility index (Phi) is 4.95. The van der Waals surface area contributed by atoms with Crippen LogP contribution in [-0.4, -0.2) is 29.8 Å². The second-order valence-electron chi connectivity index (χ2n) is 4.75. The van der Waals surface area contributed by atoms with Crippen LogP contribution in [0.2, 0.25) is 0 Å². The van der Waals surface area contributed by atoms with Gasteiger partial charge in [0.1, 0.15) is 0 Å². The first kappa shape index (κ1) is 13.0. The highest BCUT2D eigenvalue weighted by atomic mass is 32.1. The fourth-order valence-electron chi connectivity index (χ4n) is 2.34. The number of hydrogen-bond acceptors (Lipinski definition) is 4. The maximum Gasteiger partial charge on any atom is 0.0941 e. The summed E-state index contributed by atoms with van der Waals surface area (Å²) in [5.41, 5.74) is 0. The van der Waals surface area contributed by atoms with E-state index in [0.717, 1.165) is 19.4 Å². The summed E-state index contributed by atoms with van der Waals surface area (Å²) in [5, 5.41) is 6.87. The molecule has 2 heterocycles. The Hall–Kier alpha value is -0.450. The molecule has 0 spiro atoms. The van der Waals surface area contributed by atoms with E-state index in [-0.39, 0.29) is 0 Å². The summed E-state index contributed by atoms with van der Waals surface area (Å²) in [7, 11) is 0. The van der Waals surface area contributed by atoms with E-state index in [9.17, 15) is 0 Å². The summed E-state index contributed by atoms with van der Waals surface area (Å²) in [6.45, 7) is 5.43. The maximum atomic E-state index is 5.98. The Bertz CT molecular complexity index is 315. The van der Waals surface area contributed by atoms with Gasteiger partial charge < -0.3 is 10.1 Å². The molecule has 3 nitrogen and oxygen atoms in total. The normalized spacial score (nSPS) is 26.2. The zero-order chi connectivity index (χ0) is 12.1. The van der Waals surface area contributed by atoms with Gasteiger partial charge in [0, 0.05) is 24.0 Å². The van der Waals surface area contributed by atoms with E-state index in [0.29, 0.717) is 18.2 Å². The molecule has 0 bridgehead atoms. The third-order valence-electron chi connectivity index (χ3n) is 3.25. The van der Waals surface area contributed by atoms with Gasteiger partial charge in [-0.15, -0.1) is 11.3 Å². The van der Waals surface area contributed by atoms with Crippen molar-refractivity contribution in [3.8, 4) is 0 Å². The SMILES string of the molecule is CCCNC(Cc1nccs1)C1CCC(C)O1. The van der Waals surface area contributed by atoms with Gasteiger partial charge >= 0.3 is 0 Å². The molecule has 0 saturated carbocycles. The van der Waals surface area contributed by atoms with Crippen LogP contribution in [0, 0.1) is 0 Å². The molecule has 17 heavy (non-hydrogen) atoms. The van der Waals surface area contributed by atoms with Crippen molar-refractivity contribution in [1.82, 2.24) is 10.3 Å². The van der Waals surface area contributed by atoms with E-state index in [1.165, 1.54) is 17.8 Å². The Morgan fingerprint density at radius 3 is 3.06 bits per heavy atom. The van der Waals surface area contributed by atoms with Crippen LogP contribution < -0.4 is 5.32 Å². The van der Waals surface area contributed by atoms with E-state index in [1.807, 2.05) is 11.6 Å². The lowest BCUT2D eigenvalue weighted by molar-refractivity contribution is 0.0320. The first-order valence-electron chi connectivity index (χ1n) is 6.56. The summed E-state index contributed by atoms with van der Waals surface area (Å²) in [6, 6.07) is 0.422. The van der Waals surface area contributed by atoms with Gasteiger partial charge in [0.25, 0.3) is 0 Å². The molecule has 1 aliphatic rings. The van der Waals surface area contributed by atoms with Crippen LogP contribution >= 0.6 is 11.3 Å². The lowest BCUT2D eigenvalue weighted by Gasteiger charge is -2.24. The smallest absolute Gasteiger partial charge is 0.0941 e. The minimum absolute atomic E-state index is 0.362. The van der Waals surface area contributed by atoms with Crippen LogP contribution in [0.5, 0.6) is 0 Å². The second-order valence-corrected chi connectivity index (χ2v) is 5.73. The number of nitrogens with zero attached hydrogens (tertiary/aromatic N) is 1. The van der Waals surface area contributed by atoms with Crippen LogP contribution in [0.15, 0.2) is 11.6 Å². The van der Waals surface area contributed by atoms with Crippen LogP contribution in [-0.2, 0) is 11.2 Å². The van der Waals surface area contributed by atoms with Crippen molar-refractivity contribution < 1.29 is 4.74 Å². The molecule has 1 aliphatic heterocycles. The topological polar surface area (TPSA) is 34.2 Å². The molecule has 3 atom stereocenters. The van der Waals surface area contributed by atoms with Crippen molar-refractivity contribution in [3.05, 3.63) is 16.6 Å². The van der Waals surface area contributed by atoms with E-state index in [4.69, 9.17) is 4.74 Å². The predicted octanol–water partition coefficient (Wildman–Crippen LogP) is 2.62. The molecule has 0 radical (unpaired) electrons. The molecule has 2 rings (SSSR count). The van der Waals surface area contributed by atoms with Crippen molar-refractivity contribution in [2.75, 3.05) is 6.54 Å². The van der Waals surface area contributed by atoms with E-state index < -0.39 is 0 Å². The number of hydrogen-bond donors (Lipinski definition) is 1. The van der Waals surface area contributed by atoms with Crippen molar-refractivity contribution in [3.63, 3.8) is 0 Å². The largest absolute Gasteiger partial charge is 0.374 e. The quantitative estimate of drug-likeness (QED) is 0.847. The van der Waals surface area contributed by atoms with Crippen molar-refractivity contribution in [2.24, 2.45) is 0 Å². The third kappa shape index (κ3) is 3.76. The van der Waals surface area contributed by atoms with Crippen LogP contribution in [0.25, 0.3) is 0 Å². The molecule has 4 heteroatoms. The zero-order valence-electron chi connectivity index (χ0n) is 10.7. The van der Waals surface area contributed by atoms with E-state index >= 15 is 0 Å². The third-order valence-corrected chi connectivity index (χ3v) is 4.05. The number of ether oxygens (including phenoxy) is 1. The molecule has 3 unspecified atom stereocenters. The van der Waals surface area contributed by atoms with Gasteiger partial charge in [0.15, 0.2) is 0 Å². The molecule has 1 N–H and O–H groups in total. The summed E-state index contributed by atoms with van der Waals surface area (Å²) < 4.78 is 5.98. The predicted molar refractivity (Wildman–Crippen MR) is 71.5 cm³/mol. The molecule has 0 aromatic carbocycles. The Morgan fingerprint density at radius 2 is 2.47 bits per heavy atom. The van der Waals surface area contributed by atoms with Gasteiger partial charge in [-0.2, -0.15) is 0 Å². The highest BCUT2D eigenvalue weighted by Crippen LogP contribution is 2.24. The lowest BCUT2D eigenvalue weighted by Crippen LogP contribution is -2.42. The van der Waals surface area contributed by atoms with E-state index in [2.05, 4.69) is 24.1 Å². The van der Waals surface area contributed by atoms with Crippen molar-refractivity contribution in [2.45, 2.75) is 57.8 Å². The number of nitrogens with one attached hydrogen (secondary N) is 1. The number of aromatic nitrogens is 1. The molecule has 96 valence electrons. The number of rotatable bonds is 6. The fourth-order valence-corrected chi connectivity index (χ4v) is 3.01. The average molecular weight is 254 g/mol. The monoisotopic (exact) mass is 254 g/mol. The second kappa shape index (κ2) is 6.47. The van der Waals surface area contributed by atoms with Gasteiger partial charge in [-0.3, -0.25) is 0 Å². The number of thiazole rings is 1. The molecule has 1 aromatic rings. The molecular weight excluding hydrogens is 232 g/mol. The minimum atomic E-state index is 0.362. The van der Waals surface area contributed by atoms with Gasteiger partial charge in [-0.25, -0.2) is 4.98 Å². The van der Waals surface area contributed by atoms with Crippen LogP contribution in [0.1, 0.15) is 38.1 Å².